The molecule has 11 heavy (non-hydrogen) atoms. The molecule has 5 nitrogen and oxygen atoms in total. The molecule has 0 aliphatic rings. The Labute approximate surface area is 75.7 Å². The van der Waals surface area contributed by atoms with E-state index in [-0.39, 0.29) is 0 Å². The van der Waals surface area contributed by atoms with Crippen LogP contribution in [0.2, 0.25) is 0 Å². The second kappa shape index (κ2) is 3.85. The fourth-order valence-electron chi connectivity index (χ4n) is 0.187. The van der Waals surface area contributed by atoms with Crippen molar-refractivity contribution in [1.82, 2.24) is 0 Å². The van der Waals surface area contributed by atoms with Gasteiger partial charge in [-0.2, -0.15) is 0 Å². The van der Waals surface area contributed by atoms with Crippen molar-refractivity contribution in [3.8, 4) is 0 Å². The predicted molar refractivity (Wildman–Crippen MR) is 35.9 cm³/mol. The molecule has 0 aromatic carbocycles. The summed E-state index contributed by atoms with van der Waals surface area (Å²) in [6.45, 7) is 0. The minimum Gasteiger partial charge on any atom is -0.449 e. The van der Waals surface area contributed by atoms with Gasteiger partial charge in [0.2, 0.25) is 0 Å². The molecule has 0 rings (SSSR count). The highest BCUT2D eigenvalue weighted by atomic mass is 35.6. The number of alkyl halides is 3. The van der Waals surface area contributed by atoms with Crippen LogP contribution in [0.15, 0.2) is 0 Å². The van der Waals surface area contributed by atoms with Gasteiger partial charge in [0, 0.05) is 0 Å². The van der Waals surface area contributed by atoms with E-state index in [2.05, 4.69) is 9.47 Å². The van der Waals surface area contributed by atoms with E-state index in [0.717, 1.165) is 0 Å². The van der Waals surface area contributed by atoms with Gasteiger partial charge in [0.05, 0.1) is 0 Å². The van der Waals surface area contributed by atoms with E-state index >= 15 is 0 Å². The first-order chi connectivity index (χ1) is 4.81. The highest BCUT2D eigenvalue weighted by Crippen LogP contribution is 2.27. The van der Waals surface area contributed by atoms with Crippen LogP contribution in [0, 0.1) is 0 Å². The van der Waals surface area contributed by atoms with Crippen LogP contribution >= 0.6 is 34.8 Å². The molecule has 0 unspecified atom stereocenters. The summed E-state index contributed by atoms with van der Waals surface area (Å²) in [7, 11) is 0. The summed E-state index contributed by atoms with van der Waals surface area (Å²) < 4.78 is 4.92. The van der Waals surface area contributed by atoms with Gasteiger partial charge < -0.3 is 14.6 Å². The van der Waals surface area contributed by atoms with E-state index in [1.807, 2.05) is 0 Å². The van der Waals surface area contributed by atoms with Gasteiger partial charge in [-0.25, -0.2) is 9.59 Å². The summed E-state index contributed by atoms with van der Waals surface area (Å²) in [6, 6.07) is 0. The Balaban J connectivity index is 3.80. The molecule has 64 valence electrons. The lowest BCUT2D eigenvalue weighted by molar-refractivity contribution is 0.0530. The average molecular weight is 223 g/mol. The molecule has 0 aromatic heterocycles. The number of carbonyl (C=O) groups is 2. The van der Waals surface area contributed by atoms with Crippen molar-refractivity contribution in [3.63, 3.8) is 0 Å². The van der Waals surface area contributed by atoms with Crippen molar-refractivity contribution >= 4 is 47.1 Å². The number of rotatable bonds is 0. The van der Waals surface area contributed by atoms with Gasteiger partial charge >= 0.3 is 16.3 Å². The van der Waals surface area contributed by atoms with E-state index in [4.69, 9.17) is 39.9 Å². The van der Waals surface area contributed by atoms with Crippen molar-refractivity contribution in [2.45, 2.75) is 3.98 Å². The van der Waals surface area contributed by atoms with Gasteiger partial charge in [0.1, 0.15) is 0 Å². The lowest BCUT2D eigenvalue weighted by Crippen LogP contribution is -2.19. The molecular formula is C3HCl3O5. The van der Waals surface area contributed by atoms with E-state index < -0.39 is 16.3 Å². The zero-order valence-electron chi connectivity index (χ0n) is 4.71. The molecule has 0 saturated heterocycles. The van der Waals surface area contributed by atoms with Crippen molar-refractivity contribution in [2.75, 3.05) is 0 Å². The second-order valence-electron chi connectivity index (χ2n) is 1.17. The SMILES string of the molecule is O=C(O)OC(=O)OC(Cl)(Cl)Cl. The first-order valence-electron chi connectivity index (χ1n) is 2.02. The molecule has 0 spiro atoms. The van der Waals surface area contributed by atoms with Crippen LogP contribution in [0.5, 0.6) is 0 Å². The Hall–Kier alpha value is -0.390. The molecule has 0 aliphatic heterocycles. The van der Waals surface area contributed by atoms with Crippen LogP contribution in [-0.2, 0) is 9.47 Å². The molecule has 0 amide bonds. The predicted octanol–water partition coefficient (Wildman–Crippen LogP) is 2.15. The van der Waals surface area contributed by atoms with Crippen LogP contribution in [0.4, 0.5) is 9.59 Å². The average Bonchev–Trinajstić information content (AvgIpc) is 1.53. The molecule has 0 heterocycles. The molecule has 0 radical (unpaired) electrons. The summed E-state index contributed by atoms with van der Waals surface area (Å²) in [5.74, 6) is 0. The molecular weight excluding hydrogens is 222 g/mol. The Bertz CT molecular complexity index is 172. The fraction of sp³-hybridized carbons (Fsp3) is 0.333. The highest BCUT2D eigenvalue weighted by Gasteiger charge is 2.27. The maximum absolute atomic E-state index is 10.2. The van der Waals surface area contributed by atoms with Crippen molar-refractivity contribution in [1.29, 1.82) is 0 Å². The van der Waals surface area contributed by atoms with Crippen LogP contribution in [0.1, 0.15) is 0 Å². The van der Waals surface area contributed by atoms with Crippen LogP contribution < -0.4 is 0 Å². The molecule has 8 heteroatoms. The van der Waals surface area contributed by atoms with Gasteiger partial charge in [0.25, 0.3) is 0 Å². The summed E-state index contributed by atoms with van der Waals surface area (Å²) in [5, 5.41) is 7.83. The van der Waals surface area contributed by atoms with Gasteiger partial charge in [-0.1, -0.05) is 0 Å². The lowest BCUT2D eigenvalue weighted by atomic mass is 11.2. The Morgan fingerprint density at radius 2 is 1.73 bits per heavy atom. The van der Waals surface area contributed by atoms with Crippen molar-refractivity contribution in [2.24, 2.45) is 0 Å². The molecule has 0 aromatic rings. The Morgan fingerprint density at radius 3 is 2.00 bits per heavy atom. The Kier molecular flexibility index (Phi) is 3.71. The smallest absolute Gasteiger partial charge is 0.449 e. The third-order valence-corrected chi connectivity index (χ3v) is 0.601. The van der Waals surface area contributed by atoms with E-state index in [0.29, 0.717) is 0 Å². The number of carboxylic acid groups (broad SMARTS) is 1. The summed E-state index contributed by atoms with van der Waals surface area (Å²) >= 11 is 14.8. The molecule has 0 atom stereocenters. The number of hydrogen-bond acceptors (Lipinski definition) is 4. The number of halogens is 3. The molecule has 0 fully saturated rings. The molecule has 0 aliphatic carbocycles. The van der Waals surface area contributed by atoms with Gasteiger partial charge in [-0.15, -0.1) is 0 Å². The Morgan fingerprint density at radius 1 is 1.27 bits per heavy atom. The fourth-order valence-corrected chi connectivity index (χ4v) is 0.376. The minimum absolute atomic E-state index is 1.60. The summed E-state index contributed by atoms with van der Waals surface area (Å²) in [5.41, 5.74) is 0. The third kappa shape index (κ3) is 7.51. The standard InChI is InChI=1S/C3HCl3O5/c4-3(5,6)11-2(9)10-1(7)8/h(H,7,8). The third-order valence-electron chi connectivity index (χ3n) is 0.370. The number of ether oxygens (including phenoxy) is 2. The van der Waals surface area contributed by atoms with E-state index in [9.17, 15) is 9.59 Å². The monoisotopic (exact) mass is 222 g/mol. The first kappa shape index (κ1) is 10.6. The maximum atomic E-state index is 10.2. The topological polar surface area (TPSA) is 72.8 Å². The van der Waals surface area contributed by atoms with Gasteiger partial charge in [-0.05, 0) is 34.8 Å². The van der Waals surface area contributed by atoms with Crippen LogP contribution in [0.25, 0.3) is 0 Å². The lowest BCUT2D eigenvalue weighted by Gasteiger charge is -2.08. The zero-order chi connectivity index (χ0) is 9.07. The second-order valence-corrected chi connectivity index (χ2v) is 3.34. The van der Waals surface area contributed by atoms with Crippen molar-refractivity contribution in [3.05, 3.63) is 0 Å². The number of carbonyl (C=O) groups excluding carboxylic acids is 1. The zero-order valence-corrected chi connectivity index (χ0v) is 6.98. The molecule has 0 saturated carbocycles. The number of hydrogen-bond donors (Lipinski definition) is 1. The normalized spacial score (nSPS) is 10.5. The molecule has 0 bridgehead atoms. The summed E-state index contributed by atoms with van der Waals surface area (Å²) in [4.78, 5) is 19.8. The van der Waals surface area contributed by atoms with Gasteiger partial charge in [0.15, 0.2) is 0 Å². The van der Waals surface area contributed by atoms with Crippen molar-refractivity contribution < 1.29 is 24.2 Å². The van der Waals surface area contributed by atoms with E-state index in [1.165, 1.54) is 0 Å². The largest absolute Gasteiger partial charge is 0.522 e. The minimum atomic E-state index is -2.31. The highest BCUT2D eigenvalue weighted by molar-refractivity contribution is 6.66. The summed E-state index contributed by atoms with van der Waals surface area (Å²) in [6.07, 6.45) is -3.44. The molecule has 1 N–H and O–H groups in total. The van der Waals surface area contributed by atoms with Crippen LogP contribution in [0.3, 0.4) is 0 Å². The quantitative estimate of drug-likeness (QED) is 0.387. The first-order valence-corrected chi connectivity index (χ1v) is 3.15. The maximum Gasteiger partial charge on any atom is 0.522 e. The van der Waals surface area contributed by atoms with E-state index in [1.54, 1.807) is 0 Å². The van der Waals surface area contributed by atoms with Gasteiger partial charge in [-0.3, -0.25) is 0 Å². The van der Waals surface area contributed by atoms with Crippen LogP contribution in [-0.4, -0.2) is 21.4 Å².